The minimum atomic E-state index is -2.84. The van der Waals surface area contributed by atoms with E-state index in [-0.39, 0.29) is 0 Å². The minimum Gasteiger partial charge on any atom is -0.308 e. The van der Waals surface area contributed by atoms with E-state index in [1.807, 2.05) is 60.7 Å². The summed E-state index contributed by atoms with van der Waals surface area (Å²) in [5.41, 5.74) is 10.6. The maximum Gasteiger partial charge on any atom is 0.187 e. The normalized spacial score (nSPS) is 11.4. The lowest BCUT2D eigenvalue weighted by Gasteiger charge is -2.34. The van der Waals surface area contributed by atoms with Gasteiger partial charge in [0.05, 0.1) is 23.3 Å². The first kappa shape index (κ1) is 42.1. The average Bonchev–Trinajstić information content (AvgIpc) is 3.78. The van der Waals surface area contributed by atoms with Gasteiger partial charge in [0.2, 0.25) is 0 Å². The van der Waals surface area contributed by atoms with E-state index in [0.717, 1.165) is 66.4 Å². The molecule has 0 bridgehead atoms. The molecule has 0 unspecified atom stereocenters. The van der Waals surface area contributed by atoms with Crippen LogP contribution in [0.5, 0.6) is 0 Å². The molecule has 5 nitrogen and oxygen atoms in total. The Hall–Kier alpha value is -9.28. The Morgan fingerprint density at radius 1 is 0.329 bits per heavy atom. The van der Waals surface area contributed by atoms with Crippen molar-refractivity contribution in [1.82, 2.24) is 19.5 Å². The molecular weight excluding hydrogens is 867 g/mol. The third-order valence-electron chi connectivity index (χ3n) is 13.4. The summed E-state index contributed by atoms with van der Waals surface area (Å²) in [6, 6.07) is 92.6. The van der Waals surface area contributed by atoms with Crippen LogP contribution in [0.1, 0.15) is 0 Å². The van der Waals surface area contributed by atoms with Crippen molar-refractivity contribution < 1.29 is 0 Å². The molecule has 70 heavy (non-hydrogen) atoms. The molecule has 328 valence electrons. The van der Waals surface area contributed by atoms with E-state index in [9.17, 15) is 0 Å². The van der Waals surface area contributed by atoms with Gasteiger partial charge in [-0.25, -0.2) is 19.8 Å². The Balaban J connectivity index is 1.13. The second kappa shape index (κ2) is 18.1. The molecule has 0 N–H and O–H groups in total. The van der Waals surface area contributed by atoms with E-state index < -0.39 is 8.07 Å². The SMILES string of the molecule is [C-]#[N+]c1ccc(-c2ccc3c4ccccc4n(-c4ccc(-c5cccc([Si](c6ccccc6)(c6ccccc6)c6ccccc6)c5)cc4-c4nc(-c5ccccc5)nc(-c5ccccc5)n4)c3c2)cc1. The van der Waals surface area contributed by atoms with Crippen LogP contribution in [0.25, 0.3) is 88.8 Å². The van der Waals surface area contributed by atoms with E-state index in [4.69, 9.17) is 21.5 Å². The van der Waals surface area contributed by atoms with Crippen molar-refractivity contribution >= 4 is 56.3 Å². The zero-order valence-electron chi connectivity index (χ0n) is 38.1. The highest BCUT2D eigenvalue weighted by molar-refractivity contribution is 7.19. The van der Waals surface area contributed by atoms with E-state index in [2.05, 4.69) is 210 Å². The molecule has 0 amide bonds. The zero-order chi connectivity index (χ0) is 46.9. The van der Waals surface area contributed by atoms with Crippen molar-refractivity contribution in [2.24, 2.45) is 0 Å². The average molecular weight is 910 g/mol. The van der Waals surface area contributed by atoms with Gasteiger partial charge in [-0.3, -0.25) is 0 Å². The van der Waals surface area contributed by atoms with E-state index in [1.165, 1.54) is 20.7 Å². The number of rotatable bonds is 10. The smallest absolute Gasteiger partial charge is 0.187 e. The van der Waals surface area contributed by atoms with E-state index >= 15 is 0 Å². The van der Waals surface area contributed by atoms with Crippen LogP contribution in [0.4, 0.5) is 5.69 Å². The lowest BCUT2D eigenvalue weighted by molar-refractivity contribution is 1.06. The predicted octanol–water partition coefficient (Wildman–Crippen LogP) is 13.2. The number of nitrogens with zero attached hydrogens (tertiary/aromatic N) is 5. The summed E-state index contributed by atoms with van der Waals surface area (Å²) in [7, 11) is -2.84. The Kier molecular flexibility index (Phi) is 10.9. The molecule has 2 aromatic heterocycles. The topological polar surface area (TPSA) is 48.0 Å². The van der Waals surface area contributed by atoms with Crippen molar-refractivity contribution in [2.75, 3.05) is 0 Å². The molecular formula is C64H43N5Si. The molecule has 12 aromatic rings. The highest BCUT2D eigenvalue weighted by Crippen LogP contribution is 2.40. The third kappa shape index (κ3) is 7.48. The molecule has 0 spiro atoms. The first-order valence-electron chi connectivity index (χ1n) is 23.5. The minimum absolute atomic E-state index is 0.569. The number of hydrogen-bond donors (Lipinski definition) is 0. The maximum absolute atomic E-state index is 7.55. The highest BCUT2D eigenvalue weighted by atomic mass is 28.3. The molecule has 10 aromatic carbocycles. The van der Waals surface area contributed by atoms with Crippen LogP contribution in [0.15, 0.2) is 261 Å². The van der Waals surface area contributed by atoms with Gasteiger partial charge in [0.1, 0.15) is 0 Å². The lowest BCUT2D eigenvalue weighted by atomic mass is 10.0. The Morgan fingerprint density at radius 3 is 1.36 bits per heavy atom. The summed E-state index contributed by atoms with van der Waals surface area (Å²) in [5, 5.41) is 7.53. The van der Waals surface area contributed by atoms with Crippen molar-refractivity contribution in [3.8, 4) is 62.1 Å². The number of hydrogen-bond acceptors (Lipinski definition) is 3. The van der Waals surface area contributed by atoms with Crippen molar-refractivity contribution in [2.45, 2.75) is 0 Å². The highest BCUT2D eigenvalue weighted by Gasteiger charge is 2.41. The molecule has 0 atom stereocenters. The number of aromatic nitrogens is 4. The summed E-state index contributed by atoms with van der Waals surface area (Å²) < 4.78 is 2.36. The zero-order valence-corrected chi connectivity index (χ0v) is 39.1. The van der Waals surface area contributed by atoms with E-state index in [1.54, 1.807) is 0 Å². The monoisotopic (exact) mass is 909 g/mol. The van der Waals surface area contributed by atoms with Crippen LogP contribution in [-0.2, 0) is 0 Å². The summed E-state index contributed by atoms with van der Waals surface area (Å²) in [6.07, 6.45) is 0. The van der Waals surface area contributed by atoms with Crippen LogP contribution < -0.4 is 20.7 Å². The Labute approximate surface area is 408 Å². The van der Waals surface area contributed by atoms with Crippen LogP contribution in [0, 0.1) is 6.57 Å². The standard InChI is InChI=1S/C64H43N5Si/c1-65-51-38-34-45(35-39-51)50-36-40-57-56-32-17-18-33-59(56)69(61(57)44-50)60-41-37-49(43-58(60)64-67-62(46-20-7-2-8-21-46)66-63(68-64)47-22-9-3-10-23-47)48-24-19-31-55(42-48)70(52-25-11-4-12-26-52,53-27-13-5-14-28-53)54-29-15-6-16-30-54/h2-44H. The fraction of sp³-hybridized carbons (Fsp3) is 0. The molecule has 0 aliphatic carbocycles. The van der Waals surface area contributed by atoms with Gasteiger partial charge in [0.25, 0.3) is 0 Å². The maximum atomic E-state index is 7.55. The number of benzene rings is 10. The summed E-state index contributed by atoms with van der Waals surface area (Å²) in [5.74, 6) is 1.76. The molecule has 0 radical (unpaired) electrons. The molecule has 0 saturated heterocycles. The van der Waals surface area contributed by atoms with Crippen LogP contribution >= 0.6 is 0 Å². The van der Waals surface area contributed by atoms with Crippen molar-refractivity contribution in [3.63, 3.8) is 0 Å². The van der Waals surface area contributed by atoms with Gasteiger partial charge >= 0.3 is 0 Å². The molecule has 6 heteroatoms. The Bertz CT molecular complexity index is 3720. The lowest BCUT2D eigenvalue weighted by Crippen LogP contribution is -2.74. The first-order chi connectivity index (χ1) is 34.7. The van der Waals surface area contributed by atoms with Gasteiger partial charge in [-0.2, -0.15) is 0 Å². The van der Waals surface area contributed by atoms with Crippen LogP contribution in [-0.4, -0.2) is 27.6 Å². The van der Waals surface area contributed by atoms with Crippen molar-refractivity contribution in [3.05, 3.63) is 272 Å². The Morgan fingerprint density at radius 2 is 0.771 bits per heavy atom. The van der Waals surface area contributed by atoms with Crippen LogP contribution in [0.3, 0.4) is 0 Å². The van der Waals surface area contributed by atoms with Gasteiger partial charge in [0.15, 0.2) is 31.2 Å². The number of fused-ring (bicyclic) bond motifs is 3. The third-order valence-corrected chi connectivity index (χ3v) is 18.2. The summed E-state index contributed by atoms with van der Waals surface area (Å²) in [4.78, 5) is 19.5. The van der Waals surface area contributed by atoms with Gasteiger partial charge in [0, 0.05) is 27.5 Å². The quantitative estimate of drug-likeness (QED) is 0.0780. The first-order valence-corrected chi connectivity index (χ1v) is 25.5. The molecule has 0 aliphatic heterocycles. The fourth-order valence-electron chi connectivity index (χ4n) is 10.2. The second-order valence-electron chi connectivity index (χ2n) is 17.4. The molecule has 0 aliphatic rings. The summed E-state index contributed by atoms with van der Waals surface area (Å²) in [6.45, 7) is 7.55. The van der Waals surface area contributed by atoms with Crippen LogP contribution in [0.2, 0.25) is 0 Å². The predicted molar refractivity (Wildman–Crippen MR) is 291 cm³/mol. The van der Waals surface area contributed by atoms with Gasteiger partial charge in [-0.1, -0.05) is 237 Å². The van der Waals surface area contributed by atoms with Gasteiger partial charge in [-0.05, 0) is 67.3 Å². The number of para-hydroxylation sites is 1. The van der Waals surface area contributed by atoms with Gasteiger partial charge < -0.3 is 4.57 Å². The molecule has 0 saturated carbocycles. The van der Waals surface area contributed by atoms with Gasteiger partial charge in [-0.15, -0.1) is 0 Å². The molecule has 12 rings (SSSR count). The fourth-order valence-corrected chi connectivity index (χ4v) is 14.9. The largest absolute Gasteiger partial charge is 0.308 e. The molecule has 2 heterocycles. The van der Waals surface area contributed by atoms with Crippen molar-refractivity contribution in [1.29, 1.82) is 0 Å². The second-order valence-corrected chi connectivity index (χ2v) is 21.3. The molecule has 0 fully saturated rings. The summed E-state index contributed by atoms with van der Waals surface area (Å²) >= 11 is 0. The van der Waals surface area contributed by atoms with E-state index in [0.29, 0.717) is 23.2 Å².